The third-order valence-corrected chi connectivity index (χ3v) is 2.10. The highest BCUT2D eigenvalue weighted by molar-refractivity contribution is 6.01. The van der Waals surface area contributed by atoms with Crippen molar-refractivity contribution in [1.29, 1.82) is 0 Å². The molecule has 0 bridgehead atoms. The summed E-state index contributed by atoms with van der Waals surface area (Å²) in [5, 5.41) is 14.5. The van der Waals surface area contributed by atoms with Gasteiger partial charge in [-0.3, -0.25) is 10.1 Å². The average molecular weight is 191 g/mol. The second-order valence-electron chi connectivity index (χ2n) is 3.02. The Morgan fingerprint density at radius 2 is 2.07 bits per heavy atom. The molecule has 0 radical (unpaired) electrons. The SMILES string of the molecule is O=[N+]([O-])c1ccc(C2=NNCC2)cc1. The van der Waals surface area contributed by atoms with Gasteiger partial charge in [0.25, 0.3) is 5.69 Å². The number of rotatable bonds is 2. The third kappa shape index (κ3) is 1.56. The summed E-state index contributed by atoms with van der Waals surface area (Å²) in [6.45, 7) is 0.840. The highest BCUT2D eigenvalue weighted by Gasteiger charge is 2.10. The number of nitro groups is 1. The molecule has 1 aromatic rings. The van der Waals surface area contributed by atoms with Crippen LogP contribution in [0.3, 0.4) is 0 Å². The van der Waals surface area contributed by atoms with E-state index in [4.69, 9.17) is 0 Å². The van der Waals surface area contributed by atoms with Crippen molar-refractivity contribution in [3.05, 3.63) is 39.9 Å². The zero-order valence-electron chi connectivity index (χ0n) is 7.43. The first-order chi connectivity index (χ1) is 6.77. The molecular formula is C9H9N3O2. The molecule has 0 atom stereocenters. The van der Waals surface area contributed by atoms with Crippen LogP contribution < -0.4 is 5.43 Å². The lowest BCUT2D eigenvalue weighted by Crippen LogP contribution is -1.98. The summed E-state index contributed by atoms with van der Waals surface area (Å²) in [5.41, 5.74) is 4.88. The molecule has 0 amide bonds. The van der Waals surface area contributed by atoms with Gasteiger partial charge in [0.2, 0.25) is 0 Å². The van der Waals surface area contributed by atoms with E-state index in [0.717, 1.165) is 24.2 Å². The monoisotopic (exact) mass is 191 g/mol. The minimum absolute atomic E-state index is 0.111. The lowest BCUT2D eigenvalue weighted by atomic mass is 10.1. The van der Waals surface area contributed by atoms with Crippen LogP contribution in [0.5, 0.6) is 0 Å². The molecule has 0 spiro atoms. The fourth-order valence-electron chi connectivity index (χ4n) is 1.37. The maximum atomic E-state index is 10.4. The van der Waals surface area contributed by atoms with Crippen LogP contribution in [-0.2, 0) is 0 Å². The van der Waals surface area contributed by atoms with Gasteiger partial charge < -0.3 is 5.43 Å². The Morgan fingerprint density at radius 3 is 2.57 bits per heavy atom. The molecule has 2 rings (SSSR count). The quantitative estimate of drug-likeness (QED) is 0.565. The first-order valence-corrected chi connectivity index (χ1v) is 4.31. The highest BCUT2D eigenvalue weighted by atomic mass is 16.6. The smallest absolute Gasteiger partial charge is 0.269 e. The van der Waals surface area contributed by atoms with Crippen molar-refractivity contribution in [2.24, 2.45) is 5.10 Å². The molecule has 0 unspecified atom stereocenters. The van der Waals surface area contributed by atoms with E-state index in [9.17, 15) is 10.1 Å². The van der Waals surface area contributed by atoms with Crippen LogP contribution in [0.4, 0.5) is 5.69 Å². The van der Waals surface area contributed by atoms with Crippen LogP contribution in [0.1, 0.15) is 12.0 Å². The highest BCUT2D eigenvalue weighted by Crippen LogP contribution is 2.14. The number of benzene rings is 1. The number of hydrazone groups is 1. The van der Waals surface area contributed by atoms with Gasteiger partial charge in [0, 0.05) is 25.1 Å². The molecular weight excluding hydrogens is 182 g/mol. The third-order valence-electron chi connectivity index (χ3n) is 2.10. The van der Waals surface area contributed by atoms with Crippen LogP contribution in [0, 0.1) is 10.1 Å². The second kappa shape index (κ2) is 3.45. The Morgan fingerprint density at radius 1 is 1.36 bits per heavy atom. The van der Waals surface area contributed by atoms with Crippen molar-refractivity contribution in [1.82, 2.24) is 5.43 Å². The Balaban J connectivity index is 2.25. The van der Waals surface area contributed by atoms with E-state index >= 15 is 0 Å². The van der Waals surface area contributed by atoms with Gasteiger partial charge in [-0.05, 0) is 17.7 Å². The molecule has 1 aromatic carbocycles. The Hall–Kier alpha value is -1.91. The number of nitro benzene ring substituents is 1. The number of hydrogen-bond acceptors (Lipinski definition) is 4. The molecule has 1 aliphatic rings. The van der Waals surface area contributed by atoms with Crippen molar-refractivity contribution < 1.29 is 4.92 Å². The molecule has 0 fully saturated rings. The van der Waals surface area contributed by atoms with Crippen molar-refractivity contribution >= 4 is 11.4 Å². The van der Waals surface area contributed by atoms with Gasteiger partial charge in [0.15, 0.2) is 0 Å². The van der Waals surface area contributed by atoms with Crippen LogP contribution in [0.2, 0.25) is 0 Å². The van der Waals surface area contributed by atoms with Gasteiger partial charge in [-0.1, -0.05) is 0 Å². The molecule has 14 heavy (non-hydrogen) atoms. The Labute approximate surface area is 80.6 Å². The van der Waals surface area contributed by atoms with Gasteiger partial charge in [0.05, 0.1) is 10.6 Å². The summed E-state index contributed by atoms with van der Waals surface area (Å²) in [4.78, 5) is 9.99. The van der Waals surface area contributed by atoms with Crippen LogP contribution >= 0.6 is 0 Å². The predicted molar refractivity (Wildman–Crippen MR) is 52.3 cm³/mol. The molecule has 72 valence electrons. The van der Waals surface area contributed by atoms with E-state index in [1.165, 1.54) is 12.1 Å². The predicted octanol–water partition coefficient (Wildman–Crippen LogP) is 1.29. The maximum Gasteiger partial charge on any atom is 0.269 e. The summed E-state index contributed by atoms with van der Waals surface area (Å²) in [6, 6.07) is 6.44. The lowest BCUT2D eigenvalue weighted by Gasteiger charge is -1.97. The summed E-state index contributed by atoms with van der Waals surface area (Å²) in [7, 11) is 0. The zero-order valence-corrected chi connectivity index (χ0v) is 7.43. The fraction of sp³-hybridized carbons (Fsp3) is 0.222. The summed E-state index contributed by atoms with van der Waals surface area (Å²) >= 11 is 0. The normalized spacial score (nSPS) is 14.7. The number of nitrogens with zero attached hydrogens (tertiary/aromatic N) is 2. The average Bonchev–Trinajstić information content (AvgIpc) is 2.71. The Kier molecular flexibility index (Phi) is 2.14. The minimum atomic E-state index is -0.404. The molecule has 5 heteroatoms. The van der Waals surface area contributed by atoms with Crippen molar-refractivity contribution in [2.45, 2.75) is 6.42 Å². The summed E-state index contributed by atoms with van der Waals surface area (Å²) < 4.78 is 0. The topological polar surface area (TPSA) is 67.5 Å². The molecule has 0 saturated carbocycles. The second-order valence-corrected chi connectivity index (χ2v) is 3.02. The van der Waals surface area contributed by atoms with E-state index in [0.29, 0.717) is 0 Å². The number of hydrogen-bond donors (Lipinski definition) is 1. The zero-order chi connectivity index (χ0) is 9.97. The fourth-order valence-corrected chi connectivity index (χ4v) is 1.37. The van der Waals surface area contributed by atoms with Gasteiger partial charge in [0.1, 0.15) is 0 Å². The van der Waals surface area contributed by atoms with Crippen molar-refractivity contribution in [3.63, 3.8) is 0 Å². The molecule has 0 aromatic heterocycles. The van der Waals surface area contributed by atoms with Crippen LogP contribution in [0.25, 0.3) is 0 Å². The van der Waals surface area contributed by atoms with E-state index in [1.54, 1.807) is 12.1 Å². The molecule has 0 saturated heterocycles. The molecule has 5 nitrogen and oxygen atoms in total. The summed E-state index contributed by atoms with van der Waals surface area (Å²) in [5.74, 6) is 0. The lowest BCUT2D eigenvalue weighted by molar-refractivity contribution is -0.384. The van der Waals surface area contributed by atoms with Crippen molar-refractivity contribution in [3.8, 4) is 0 Å². The van der Waals surface area contributed by atoms with Crippen molar-refractivity contribution in [2.75, 3.05) is 6.54 Å². The van der Waals surface area contributed by atoms with Gasteiger partial charge >= 0.3 is 0 Å². The van der Waals surface area contributed by atoms with E-state index in [2.05, 4.69) is 10.5 Å². The van der Waals surface area contributed by atoms with E-state index in [-0.39, 0.29) is 5.69 Å². The van der Waals surface area contributed by atoms with Gasteiger partial charge in [-0.15, -0.1) is 0 Å². The molecule has 0 aliphatic carbocycles. The Bertz CT molecular complexity index is 384. The van der Waals surface area contributed by atoms with Gasteiger partial charge in [-0.25, -0.2) is 0 Å². The standard InChI is InChI=1S/C9H9N3O2/c13-12(14)8-3-1-7(2-4-8)9-5-6-10-11-9/h1-4,10H,5-6H2. The minimum Gasteiger partial charge on any atom is -0.309 e. The number of nitrogens with one attached hydrogen (secondary N) is 1. The van der Waals surface area contributed by atoms with E-state index in [1.807, 2.05) is 0 Å². The maximum absolute atomic E-state index is 10.4. The first kappa shape index (κ1) is 8.68. The van der Waals surface area contributed by atoms with E-state index < -0.39 is 4.92 Å². The number of non-ortho nitro benzene ring substituents is 1. The van der Waals surface area contributed by atoms with Crippen LogP contribution in [0.15, 0.2) is 29.4 Å². The van der Waals surface area contributed by atoms with Crippen LogP contribution in [-0.4, -0.2) is 17.2 Å². The van der Waals surface area contributed by atoms with Gasteiger partial charge in [-0.2, -0.15) is 5.10 Å². The molecule has 1 aliphatic heterocycles. The largest absolute Gasteiger partial charge is 0.309 e. The first-order valence-electron chi connectivity index (χ1n) is 4.31. The summed E-state index contributed by atoms with van der Waals surface area (Å²) in [6.07, 6.45) is 0.873. The molecule has 1 heterocycles. The molecule has 1 N–H and O–H groups in total.